The van der Waals surface area contributed by atoms with E-state index in [0.717, 1.165) is 0 Å². The average Bonchev–Trinajstić information content (AvgIpc) is 2.70. The molecule has 0 amide bonds. The predicted molar refractivity (Wildman–Crippen MR) is 56.5 cm³/mol. The highest BCUT2D eigenvalue weighted by Crippen LogP contribution is 2.04. The van der Waals surface area contributed by atoms with E-state index in [-0.39, 0.29) is 0 Å². The lowest BCUT2D eigenvalue weighted by atomic mass is 10.3. The number of aromatic nitrogens is 3. The minimum absolute atomic E-state index is 0.320. The molecule has 0 aliphatic rings. The third kappa shape index (κ3) is 2.01. The van der Waals surface area contributed by atoms with E-state index < -0.39 is 5.97 Å². The van der Waals surface area contributed by atoms with Gasteiger partial charge in [0.15, 0.2) is 5.65 Å². The molecule has 0 spiro atoms. The van der Waals surface area contributed by atoms with Gasteiger partial charge in [0.05, 0.1) is 18.4 Å². The van der Waals surface area contributed by atoms with Gasteiger partial charge in [0.2, 0.25) is 0 Å². The van der Waals surface area contributed by atoms with Crippen LogP contribution < -0.4 is 0 Å². The number of esters is 1. The van der Waals surface area contributed by atoms with Gasteiger partial charge >= 0.3 is 5.97 Å². The Hall–Kier alpha value is -2.35. The Balaban J connectivity index is 2.31. The van der Waals surface area contributed by atoms with Gasteiger partial charge in [-0.3, -0.25) is 0 Å². The quantitative estimate of drug-likeness (QED) is 0.517. The summed E-state index contributed by atoms with van der Waals surface area (Å²) in [5.74, 6) is 4.51. The van der Waals surface area contributed by atoms with Crippen molar-refractivity contribution in [1.29, 1.82) is 0 Å². The van der Waals surface area contributed by atoms with Crippen molar-refractivity contribution in [2.45, 2.75) is 6.92 Å². The first-order valence-electron chi connectivity index (χ1n) is 4.78. The number of carbonyl (C=O) groups is 1. The number of nitrogens with zero attached hydrogens (tertiary/aromatic N) is 3. The second-order valence-electron chi connectivity index (χ2n) is 2.92. The lowest BCUT2D eigenvalue weighted by Crippen LogP contribution is -1.99. The number of ether oxygens (including phenoxy) is 1. The van der Waals surface area contributed by atoms with Gasteiger partial charge in [-0.05, 0) is 18.9 Å². The maximum Gasteiger partial charge on any atom is 0.384 e. The summed E-state index contributed by atoms with van der Waals surface area (Å²) in [6.45, 7) is 2.05. The normalized spacial score (nSPS) is 9.56. The molecule has 0 aliphatic heterocycles. The van der Waals surface area contributed by atoms with Gasteiger partial charge in [0.1, 0.15) is 0 Å². The molecule has 2 aromatic rings. The smallest absolute Gasteiger partial charge is 0.384 e. The molecular weight excluding hydrogens is 206 g/mol. The minimum Gasteiger partial charge on any atom is -0.456 e. The van der Waals surface area contributed by atoms with Crippen molar-refractivity contribution in [3.8, 4) is 11.8 Å². The van der Waals surface area contributed by atoms with E-state index >= 15 is 0 Å². The molecule has 0 saturated carbocycles. The number of rotatable bonds is 1. The average molecular weight is 215 g/mol. The van der Waals surface area contributed by atoms with Gasteiger partial charge in [-0.1, -0.05) is 0 Å². The number of hydrogen-bond donors (Lipinski definition) is 0. The fourth-order valence-electron chi connectivity index (χ4n) is 1.20. The molecule has 0 saturated heterocycles. The molecule has 0 unspecified atom stereocenters. The molecule has 0 atom stereocenters. The van der Waals surface area contributed by atoms with Crippen LogP contribution in [0.2, 0.25) is 0 Å². The first-order valence-corrected chi connectivity index (χ1v) is 4.78. The minimum atomic E-state index is -0.544. The summed E-state index contributed by atoms with van der Waals surface area (Å²) < 4.78 is 6.28. The molecule has 0 radical (unpaired) electrons. The summed E-state index contributed by atoms with van der Waals surface area (Å²) in [6, 6.07) is 1.77. The van der Waals surface area contributed by atoms with Crippen LogP contribution in [0.1, 0.15) is 12.5 Å². The van der Waals surface area contributed by atoms with Gasteiger partial charge in [0.25, 0.3) is 0 Å². The van der Waals surface area contributed by atoms with Gasteiger partial charge < -0.3 is 4.74 Å². The topological polar surface area (TPSA) is 56.5 Å². The van der Waals surface area contributed by atoms with Crippen molar-refractivity contribution in [3.05, 3.63) is 30.2 Å². The molecule has 0 bridgehead atoms. The van der Waals surface area contributed by atoms with Crippen LogP contribution >= 0.6 is 0 Å². The summed E-state index contributed by atoms with van der Waals surface area (Å²) >= 11 is 0. The van der Waals surface area contributed by atoms with Crippen LogP contribution in [0.15, 0.2) is 24.7 Å². The lowest BCUT2D eigenvalue weighted by Gasteiger charge is -1.91. The number of carbonyl (C=O) groups excluding carboxylic acids is 1. The van der Waals surface area contributed by atoms with Crippen molar-refractivity contribution in [2.75, 3.05) is 6.61 Å². The molecule has 5 heteroatoms. The van der Waals surface area contributed by atoms with Crippen LogP contribution in [-0.4, -0.2) is 27.2 Å². The summed E-state index contributed by atoms with van der Waals surface area (Å²) in [5, 5.41) is 4.04. The molecular formula is C11H9N3O2. The summed E-state index contributed by atoms with van der Waals surface area (Å²) in [5.41, 5.74) is 1.23. The molecule has 2 aromatic heterocycles. The fraction of sp³-hybridized carbons (Fsp3) is 0.182. The first kappa shape index (κ1) is 10.2. The van der Waals surface area contributed by atoms with E-state index in [0.29, 0.717) is 17.8 Å². The zero-order valence-corrected chi connectivity index (χ0v) is 8.67. The van der Waals surface area contributed by atoms with Crippen LogP contribution in [-0.2, 0) is 9.53 Å². The highest BCUT2D eigenvalue weighted by Gasteiger charge is 2.01. The second-order valence-corrected chi connectivity index (χ2v) is 2.92. The Kier molecular flexibility index (Phi) is 2.83. The van der Waals surface area contributed by atoms with Crippen molar-refractivity contribution >= 4 is 11.6 Å². The Bertz CT molecular complexity index is 577. The fourth-order valence-corrected chi connectivity index (χ4v) is 1.20. The van der Waals surface area contributed by atoms with Crippen LogP contribution in [0.3, 0.4) is 0 Å². The zero-order chi connectivity index (χ0) is 11.4. The monoisotopic (exact) mass is 215 g/mol. The Labute approximate surface area is 92.1 Å². The van der Waals surface area contributed by atoms with E-state index in [2.05, 4.69) is 21.9 Å². The number of fused-ring (bicyclic) bond motifs is 1. The largest absolute Gasteiger partial charge is 0.456 e. The summed E-state index contributed by atoms with van der Waals surface area (Å²) in [6.07, 6.45) is 4.97. The molecule has 2 rings (SSSR count). The third-order valence-electron chi connectivity index (χ3n) is 1.85. The van der Waals surface area contributed by atoms with Crippen LogP contribution in [0.25, 0.3) is 5.65 Å². The van der Waals surface area contributed by atoms with Gasteiger partial charge in [-0.15, -0.1) is 0 Å². The summed E-state index contributed by atoms with van der Waals surface area (Å²) in [7, 11) is 0. The summed E-state index contributed by atoms with van der Waals surface area (Å²) in [4.78, 5) is 15.1. The van der Waals surface area contributed by atoms with E-state index in [1.54, 1.807) is 36.1 Å². The van der Waals surface area contributed by atoms with Gasteiger partial charge in [0, 0.05) is 18.3 Å². The van der Waals surface area contributed by atoms with Crippen LogP contribution in [0, 0.1) is 11.8 Å². The van der Waals surface area contributed by atoms with Crippen LogP contribution in [0.5, 0.6) is 0 Å². The lowest BCUT2D eigenvalue weighted by molar-refractivity contribution is -0.136. The van der Waals surface area contributed by atoms with E-state index in [9.17, 15) is 4.79 Å². The third-order valence-corrected chi connectivity index (χ3v) is 1.85. The molecule has 0 N–H and O–H groups in total. The Morgan fingerprint density at radius 3 is 3.31 bits per heavy atom. The van der Waals surface area contributed by atoms with Gasteiger partial charge in [-0.25, -0.2) is 14.3 Å². The maximum absolute atomic E-state index is 11.0. The molecule has 0 aromatic carbocycles. The second kappa shape index (κ2) is 4.45. The highest BCUT2D eigenvalue weighted by molar-refractivity contribution is 5.89. The molecule has 2 heterocycles. The SMILES string of the molecule is CCOC(=O)C#Cc1cnn2cccnc12. The molecule has 0 fully saturated rings. The predicted octanol–water partition coefficient (Wildman–Crippen LogP) is 0.644. The molecule has 16 heavy (non-hydrogen) atoms. The van der Waals surface area contributed by atoms with Crippen LogP contribution in [0.4, 0.5) is 0 Å². The van der Waals surface area contributed by atoms with E-state index in [1.807, 2.05) is 0 Å². The highest BCUT2D eigenvalue weighted by atomic mass is 16.5. The molecule has 80 valence electrons. The standard InChI is InChI=1S/C11H9N3O2/c1-2-16-10(15)5-4-9-8-13-14-7-3-6-12-11(9)14/h3,6-8H,2H2,1H3. The Morgan fingerprint density at radius 1 is 1.62 bits per heavy atom. The van der Waals surface area contributed by atoms with Crippen molar-refractivity contribution < 1.29 is 9.53 Å². The first-order chi connectivity index (χ1) is 7.81. The van der Waals surface area contributed by atoms with Gasteiger partial charge in [-0.2, -0.15) is 5.10 Å². The van der Waals surface area contributed by atoms with Crippen molar-refractivity contribution in [3.63, 3.8) is 0 Å². The van der Waals surface area contributed by atoms with Crippen molar-refractivity contribution in [1.82, 2.24) is 14.6 Å². The molecule has 0 aliphatic carbocycles. The van der Waals surface area contributed by atoms with E-state index in [1.165, 1.54) is 0 Å². The number of hydrogen-bond acceptors (Lipinski definition) is 4. The Morgan fingerprint density at radius 2 is 2.50 bits per heavy atom. The molecule has 5 nitrogen and oxygen atoms in total. The zero-order valence-electron chi connectivity index (χ0n) is 8.67. The van der Waals surface area contributed by atoms with E-state index in [4.69, 9.17) is 4.74 Å². The van der Waals surface area contributed by atoms with Crippen molar-refractivity contribution in [2.24, 2.45) is 0 Å². The maximum atomic E-state index is 11.0.